The maximum Gasteiger partial charge on any atom is 0.268 e. The molecule has 0 spiro atoms. The van der Waals surface area contributed by atoms with Crippen molar-refractivity contribution in [2.24, 2.45) is 0 Å². The van der Waals surface area contributed by atoms with Crippen LogP contribution in [0.4, 0.5) is 0 Å². The molecule has 1 fully saturated rings. The van der Waals surface area contributed by atoms with Crippen LogP contribution in [-0.4, -0.2) is 63.3 Å². The van der Waals surface area contributed by atoms with Gasteiger partial charge in [0.2, 0.25) is 5.91 Å². The number of nitrogens with one attached hydrogen (secondary N) is 2. The number of β-amino-alcohol motifs (C(OH)–C–C–N with tert-alkyl or cyclic N) is 2. The average molecular weight is 397 g/mol. The van der Waals surface area contributed by atoms with Gasteiger partial charge in [-0.05, 0) is 12.5 Å². The standard InChI is InChI=1S/C21H23N3O5/c1-12-7-14-19(29-12)9-15(22-14)20(27)23-16(8-13-5-3-2-4-6-13)21(28)24-10-17(25)18(26)11-24/h2-7,9,16-18,22,25-26H,8,10-11H2,1H3,(H,23,27)/t16-,17-,18+/m0/s1. The van der Waals surface area contributed by atoms with Gasteiger partial charge in [-0.3, -0.25) is 9.59 Å². The van der Waals surface area contributed by atoms with Crippen LogP contribution in [-0.2, 0) is 11.2 Å². The topological polar surface area (TPSA) is 119 Å². The van der Waals surface area contributed by atoms with Crippen LogP contribution in [0.25, 0.3) is 11.1 Å². The third-order valence-electron chi connectivity index (χ3n) is 5.13. The van der Waals surface area contributed by atoms with Crippen LogP contribution in [0.3, 0.4) is 0 Å². The SMILES string of the molecule is Cc1cc2[nH]c(C(=O)N[C@@H](Cc3ccccc3)C(=O)N3C[C@@H](O)[C@@H](O)C3)cc2o1. The summed E-state index contributed by atoms with van der Waals surface area (Å²) in [5, 5.41) is 22.3. The Bertz CT molecular complexity index is 984. The van der Waals surface area contributed by atoms with E-state index in [0.717, 1.165) is 11.3 Å². The van der Waals surface area contributed by atoms with E-state index in [1.807, 2.05) is 37.3 Å². The number of fused-ring (bicyclic) bond motifs is 1. The van der Waals surface area contributed by atoms with Gasteiger partial charge >= 0.3 is 0 Å². The highest BCUT2D eigenvalue weighted by Crippen LogP contribution is 2.20. The van der Waals surface area contributed by atoms with Crippen molar-refractivity contribution in [3.05, 3.63) is 59.5 Å². The highest BCUT2D eigenvalue weighted by atomic mass is 16.3. The molecular formula is C21H23N3O5. The molecule has 0 radical (unpaired) electrons. The fourth-order valence-electron chi connectivity index (χ4n) is 3.63. The summed E-state index contributed by atoms with van der Waals surface area (Å²) in [5.41, 5.74) is 2.47. The molecule has 8 heteroatoms. The highest BCUT2D eigenvalue weighted by Gasteiger charge is 2.36. The Labute approximate surface area is 167 Å². The van der Waals surface area contributed by atoms with Crippen molar-refractivity contribution < 1.29 is 24.2 Å². The first-order chi connectivity index (χ1) is 13.9. The van der Waals surface area contributed by atoms with E-state index >= 15 is 0 Å². The molecule has 1 aliphatic heterocycles. The fourth-order valence-corrected chi connectivity index (χ4v) is 3.63. The van der Waals surface area contributed by atoms with Crippen molar-refractivity contribution in [2.45, 2.75) is 31.6 Å². The van der Waals surface area contributed by atoms with Crippen LogP contribution in [0.2, 0.25) is 0 Å². The monoisotopic (exact) mass is 397 g/mol. The number of aliphatic hydroxyl groups excluding tert-OH is 2. The molecular weight excluding hydrogens is 374 g/mol. The Morgan fingerprint density at radius 3 is 2.55 bits per heavy atom. The molecule has 3 atom stereocenters. The largest absolute Gasteiger partial charge is 0.460 e. The van der Waals surface area contributed by atoms with E-state index in [2.05, 4.69) is 10.3 Å². The predicted octanol–water partition coefficient (Wildman–Crippen LogP) is 0.974. The number of hydrogen-bond donors (Lipinski definition) is 4. The third kappa shape index (κ3) is 4.03. The molecule has 3 aromatic rings. The van der Waals surface area contributed by atoms with Crippen LogP contribution in [0, 0.1) is 6.92 Å². The summed E-state index contributed by atoms with van der Waals surface area (Å²) in [4.78, 5) is 30.2. The maximum absolute atomic E-state index is 13.0. The number of furan rings is 1. The van der Waals surface area contributed by atoms with E-state index in [9.17, 15) is 19.8 Å². The van der Waals surface area contributed by atoms with E-state index in [1.54, 1.807) is 12.1 Å². The van der Waals surface area contributed by atoms with Gasteiger partial charge < -0.3 is 29.8 Å². The summed E-state index contributed by atoms with van der Waals surface area (Å²) in [6.45, 7) is 1.90. The molecule has 1 saturated heterocycles. The smallest absolute Gasteiger partial charge is 0.268 e. The number of hydrogen-bond acceptors (Lipinski definition) is 5. The van der Waals surface area contributed by atoms with Gasteiger partial charge in [0, 0.05) is 31.6 Å². The Balaban J connectivity index is 1.54. The first-order valence-electron chi connectivity index (χ1n) is 9.49. The molecule has 4 rings (SSSR count). The molecule has 152 valence electrons. The first-order valence-corrected chi connectivity index (χ1v) is 9.49. The Hall–Kier alpha value is -3.10. The molecule has 3 heterocycles. The second-order valence-corrected chi connectivity index (χ2v) is 7.41. The number of amides is 2. The Morgan fingerprint density at radius 1 is 1.21 bits per heavy atom. The first kappa shape index (κ1) is 19.2. The number of aromatic amines is 1. The van der Waals surface area contributed by atoms with Gasteiger partial charge in [-0.2, -0.15) is 0 Å². The minimum atomic E-state index is -0.981. The number of benzene rings is 1. The highest BCUT2D eigenvalue weighted by molar-refractivity contribution is 5.99. The van der Waals surface area contributed by atoms with E-state index < -0.39 is 24.2 Å². The summed E-state index contributed by atoms with van der Waals surface area (Å²) in [6, 6.07) is 11.9. The second-order valence-electron chi connectivity index (χ2n) is 7.41. The van der Waals surface area contributed by atoms with Gasteiger partial charge in [0.15, 0.2) is 5.58 Å². The minimum absolute atomic E-state index is 0.0376. The lowest BCUT2D eigenvalue weighted by atomic mass is 10.0. The van der Waals surface area contributed by atoms with Gasteiger partial charge in [-0.1, -0.05) is 30.3 Å². The van der Waals surface area contributed by atoms with Crippen LogP contribution >= 0.6 is 0 Å². The van der Waals surface area contributed by atoms with E-state index in [-0.39, 0.29) is 19.0 Å². The van der Waals surface area contributed by atoms with Crippen molar-refractivity contribution in [3.8, 4) is 0 Å². The number of nitrogens with zero attached hydrogens (tertiary/aromatic N) is 1. The summed E-state index contributed by atoms with van der Waals surface area (Å²) in [7, 11) is 0. The predicted molar refractivity (Wildman–Crippen MR) is 105 cm³/mol. The molecule has 1 aromatic carbocycles. The molecule has 1 aliphatic rings. The van der Waals surface area contributed by atoms with Crippen LogP contribution in [0.1, 0.15) is 21.8 Å². The molecule has 0 unspecified atom stereocenters. The van der Waals surface area contributed by atoms with Crippen molar-refractivity contribution in [3.63, 3.8) is 0 Å². The number of aryl methyl sites for hydroxylation is 1. The zero-order chi connectivity index (χ0) is 20.5. The molecule has 0 bridgehead atoms. The van der Waals surface area contributed by atoms with Crippen molar-refractivity contribution in [2.75, 3.05) is 13.1 Å². The van der Waals surface area contributed by atoms with Crippen molar-refractivity contribution >= 4 is 22.9 Å². The van der Waals surface area contributed by atoms with Crippen LogP contribution < -0.4 is 5.32 Å². The van der Waals surface area contributed by atoms with E-state index in [1.165, 1.54) is 4.90 Å². The minimum Gasteiger partial charge on any atom is -0.460 e. The number of aliphatic hydroxyl groups is 2. The summed E-state index contributed by atoms with van der Waals surface area (Å²) in [6.07, 6.45) is -1.67. The molecule has 0 saturated carbocycles. The summed E-state index contributed by atoms with van der Waals surface area (Å²) < 4.78 is 5.51. The Morgan fingerprint density at radius 2 is 1.90 bits per heavy atom. The molecule has 8 nitrogen and oxygen atoms in total. The second kappa shape index (κ2) is 7.73. The van der Waals surface area contributed by atoms with Crippen molar-refractivity contribution in [1.29, 1.82) is 0 Å². The zero-order valence-corrected chi connectivity index (χ0v) is 16.0. The van der Waals surface area contributed by atoms with Gasteiger partial charge in [0.05, 0.1) is 17.7 Å². The Kier molecular flexibility index (Phi) is 5.12. The number of carbonyl (C=O) groups is 2. The summed E-state index contributed by atoms with van der Waals surface area (Å²) in [5.74, 6) is -0.0333. The molecule has 0 aliphatic carbocycles. The molecule has 2 amide bonds. The van der Waals surface area contributed by atoms with Crippen LogP contribution in [0.15, 0.2) is 46.9 Å². The van der Waals surface area contributed by atoms with E-state index in [0.29, 0.717) is 23.2 Å². The third-order valence-corrected chi connectivity index (χ3v) is 5.13. The number of aromatic nitrogens is 1. The van der Waals surface area contributed by atoms with Crippen molar-refractivity contribution in [1.82, 2.24) is 15.2 Å². The van der Waals surface area contributed by atoms with E-state index in [4.69, 9.17) is 4.42 Å². The summed E-state index contributed by atoms with van der Waals surface area (Å²) >= 11 is 0. The quantitative estimate of drug-likeness (QED) is 0.512. The lowest BCUT2D eigenvalue weighted by Crippen LogP contribution is -2.49. The zero-order valence-electron chi connectivity index (χ0n) is 16.0. The van der Waals surface area contributed by atoms with Gasteiger partial charge in [-0.25, -0.2) is 0 Å². The molecule has 2 aromatic heterocycles. The lowest BCUT2D eigenvalue weighted by molar-refractivity contribution is -0.132. The van der Waals surface area contributed by atoms with Crippen LogP contribution in [0.5, 0.6) is 0 Å². The average Bonchev–Trinajstić information content (AvgIpc) is 3.34. The molecule has 29 heavy (non-hydrogen) atoms. The maximum atomic E-state index is 13.0. The van der Waals surface area contributed by atoms with Gasteiger partial charge in [-0.15, -0.1) is 0 Å². The fraction of sp³-hybridized carbons (Fsp3) is 0.333. The van der Waals surface area contributed by atoms with Gasteiger partial charge in [0.1, 0.15) is 17.5 Å². The normalized spacial score (nSPS) is 20.2. The number of carbonyl (C=O) groups excluding carboxylic acids is 2. The number of likely N-dealkylation sites (tertiary alicyclic amines) is 1. The lowest BCUT2D eigenvalue weighted by Gasteiger charge is -2.24. The number of H-pyrrole nitrogens is 1. The molecule has 4 N–H and O–H groups in total. The van der Waals surface area contributed by atoms with Gasteiger partial charge in [0.25, 0.3) is 5.91 Å². The number of rotatable bonds is 5.